The van der Waals surface area contributed by atoms with E-state index in [9.17, 15) is 9.59 Å². The SMILES string of the molecule is CC1CCN(c2ccc(NC(=O)C3CCN(C(=O)CCc4ccccc4)CC3)cc2)C1. The number of carbonyl (C=O) groups is 2. The molecule has 0 radical (unpaired) electrons. The van der Waals surface area contributed by atoms with E-state index in [1.165, 1.54) is 17.7 Å². The van der Waals surface area contributed by atoms with Gasteiger partial charge in [-0.2, -0.15) is 0 Å². The van der Waals surface area contributed by atoms with Gasteiger partial charge < -0.3 is 15.1 Å². The van der Waals surface area contributed by atoms with E-state index in [1.807, 2.05) is 35.2 Å². The van der Waals surface area contributed by atoms with E-state index < -0.39 is 0 Å². The second-order valence-corrected chi connectivity index (χ2v) is 9.02. The molecule has 5 nitrogen and oxygen atoms in total. The first-order valence-electron chi connectivity index (χ1n) is 11.6. The Hall–Kier alpha value is -2.82. The van der Waals surface area contributed by atoms with Gasteiger partial charge in [0.2, 0.25) is 11.8 Å². The van der Waals surface area contributed by atoms with Crippen LogP contribution in [0.2, 0.25) is 0 Å². The predicted octanol–water partition coefficient (Wildman–Crippen LogP) is 4.34. The highest BCUT2D eigenvalue weighted by Crippen LogP contribution is 2.26. The first kappa shape index (κ1) is 21.4. The first-order valence-corrected chi connectivity index (χ1v) is 11.6. The summed E-state index contributed by atoms with van der Waals surface area (Å²) in [4.78, 5) is 29.6. The molecule has 1 atom stereocenters. The van der Waals surface area contributed by atoms with Crippen LogP contribution in [-0.2, 0) is 16.0 Å². The Morgan fingerprint density at radius 2 is 1.65 bits per heavy atom. The molecular formula is C26H33N3O2. The Labute approximate surface area is 185 Å². The standard InChI is InChI=1S/C26H33N3O2/c1-20-13-16-29(19-20)24-10-8-23(9-11-24)27-26(31)22-14-17-28(18-15-22)25(30)12-7-21-5-3-2-4-6-21/h2-6,8-11,20,22H,7,12-19H2,1H3,(H,27,31). The van der Waals surface area contributed by atoms with Gasteiger partial charge >= 0.3 is 0 Å². The molecule has 0 saturated carbocycles. The third-order valence-corrected chi connectivity index (χ3v) is 6.61. The average molecular weight is 420 g/mol. The van der Waals surface area contributed by atoms with Gasteiger partial charge in [0, 0.05) is 49.9 Å². The zero-order valence-electron chi connectivity index (χ0n) is 18.4. The van der Waals surface area contributed by atoms with Crippen molar-refractivity contribution in [2.75, 3.05) is 36.4 Å². The number of rotatable bonds is 6. The minimum absolute atomic E-state index is 0.0303. The molecule has 4 rings (SSSR count). The van der Waals surface area contributed by atoms with E-state index in [-0.39, 0.29) is 17.7 Å². The van der Waals surface area contributed by atoms with Gasteiger partial charge in [-0.3, -0.25) is 9.59 Å². The Balaban J connectivity index is 1.21. The van der Waals surface area contributed by atoms with Crippen molar-refractivity contribution in [3.05, 3.63) is 60.2 Å². The van der Waals surface area contributed by atoms with E-state index in [4.69, 9.17) is 0 Å². The van der Waals surface area contributed by atoms with Gasteiger partial charge in [-0.25, -0.2) is 0 Å². The molecule has 1 unspecified atom stereocenters. The summed E-state index contributed by atoms with van der Waals surface area (Å²) in [6.07, 6.45) is 4.00. The molecule has 164 valence electrons. The van der Waals surface area contributed by atoms with Crippen LogP contribution in [-0.4, -0.2) is 42.9 Å². The summed E-state index contributed by atoms with van der Waals surface area (Å²) in [5.41, 5.74) is 3.27. The summed E-state index contributed by atoms with van der Waals surface area (Å²) in [6, 6.07) is 18.3. The summed E-state index contributed by atoms with van der Waals surface area (Å²) in [5.74, 6) is 0.973. The molecule has 2 aromatic carbocycles. The minimum atomic E-state index is -0.0303. The molecule has 1 N–H and O–H groups in total. The van der Waals surface area contributed by atoms with Gasteiger partial charge in [0.15, 0.2) is 0 Å². The van der Waals surface area contributed by atoms with Crippen LogP contribution in [0.15, 0.2) is 54.6 Å². The minimum Gasteiger partial charge on any atom is -0.371 e. The fourth-order valence-electron chi connectivity index (χ4n) is 4.61. The predicted molar refractivity (Wildman–Crippen MR) is 125 cm³/mol. The topological polar surface area (TPSA) is 52.7 Å². The van der Waals surface area contributed by atoms with Crippen LogP contribution >= 0.6 is 0 Å². The van der Waals surface area contributed by atoms with Crippen LogP contribution in [0.5, 0.6) is 0 Å². The number of aryl methyl sites for hydroxylation is 1. The second-order valence-electron chi connectivity index (χ2n) is 9.02. The Bertz CT molecular complexity index is 873. The number of piperidine rings is 1. The molecule has 31 heavy (non-hydrogen) atoms. The maximum atomic E-state index is 12.7. The lowest BCUT2D eigenvalue weighted by Crippen LogP contribution is -2.41. The zero-order valence-corrected chi connectivity index (χ0v) is 18.4. The lowest BCUT2D eigenvalue weighted by molar-refractivity contribution is -0.134. The molecule has 0 aromatic heterocycles. The zero-order chi connectivity index (χ0) is 21.6. The number of nitrogens with zero attached hydrogens (tertiary/aromatic N) is 2. The Morgan fingerprint density at radius 1 is 0.935 bits per heavy atom. The maximum Gasteiger partial charge on any atom is 0.227 e. The quantitative estimate of drug-likeness (QED) is 0.758. The van der Waals surface area contributed by atoms with E-state index >= 15 is 0 Å². The van der Waals surface area contributed by atoms with Crippen molar-refractivity contribution in [2.45, 2.75) is 39.0 Å². The maximum absolute atomic E-state index is 12.7. The van der Waals surface area contributed by atoms with Crippen molar-refractivity contribution >= 4 is 23.2 Å². The summed E-state index contributed by atoms with van der Waals surface area (Å²) < 4.78 is 0. The van der Waals surface area contributed by atoms with Crippen molar-refractivity contribution in [2.24, 2.45) is 11.8 Å². The molecule has 2 fully saturated rings. The number of anilines is 2. The van der Waals surface area contributed by atoms with Crippen LogP contribution in [0.25, 0.3) is 0 Å². The molecular weight excluding hydrogens is 386 g/mol. The van der Waals surface area contributed by atoms with Gasteiger partial charge in [0.25, 0.3) is 0 Å². The summed E-state index contributed by atoms with van der Waals surface area (Å²) in [7, 11) is 0. The van der Waals surface area contributed by atoms with Crippen molar-refractivity contribution in [3.63, 3.8) is 0 Å². The lowest BCUT2D eigenvalue weighted by Gasteiger charge is -2.31. The summed E-state index contributed by atoms with van der Waals surface area (Å²) in [5, 5.41) is 3.07. The van der Waals surface area contributed by atoms with Gasteiger partial charge in [-0.05, 0) is 61.4 Å². The second kappa shape index (κ2) is 9.99. The van der Waals surface area contributed by atoms with E-state index in [0.717, 1.165) is 44.0 Å². The average Bonchev–Trinajstić information content (AvgIpc) is 3.25. The molecule has 2 aliphatic rings. The van der Waals surface area contributed by atoms with Crippen LogP contribution in [0.1, 0.15) is 38.2 Å². The Kier molecular flexibility index (Phi) is 6.90. The van der Waals surface area contributed by atoms with E-state index in [2.05, 4.69) is 41.4 Å². The number of nitrogens with one attached hydrogen (secondary N) is 1. The third-order valence-electron chi connectivity index (χ3n) is 6.61. The molecule has 0 spiro atoms. The van der Waals surface area contributed by atoms with Crippen molar-refractivity contribution in [1.29, 1.82) is 0 Å². The van der Waals surface area contributed by atoms with Crippen LogP contribution in [0.4, 0.5) is 11.4 Å². The Morgan fingerprint density at radius 3 is 2.29 bits per heavy atom. The van der Waals surface area contributed by atoms with Crippen LogP contribution in [0.3, 0.4) is 0 Å². The fraction of sp³-hybridized carbons (Fsp3) is 0.462. The molecule has 0 aliphatic carbocycles. The molecule has 0 bridgehead atoms. The number of hydrogen-bond donors (Lipinski definition) is 1. The van der Waals surface area contributed by atoms with Crippen molar-refractivity contribution in [3.8, 4) is 0 Å². The van der Waals surface area contributed by atoms with Crippen molar-refractivity contribution in [1.82, 2.24) is 4.90 Å². The van der Waals surface area contributed by atoms with Crippen LogP contribution < -0.4 is 10.2 Å². The lowest BCUT2D eigenvalue weighted by atomic mass is 9.95. The smallest absolute Gasteiger partial charge is 0.227 e. The van der Waals surface area contributed by atoms with Crippen molar-refractivity contribution < 1.29 is 9.59 Å². The number of carbonyl (C=O) groups excluding carboxylic acids is 2. The highest BCUT2D eigenvalue weighted by molar-refractivity contribution is 5.93. The normalized spacial score (nSPS) is 19.5. The van der Waals surface area contributed by atoms with Gasteiger partial charge in [-0.1, -0.05) is 37.3 Å². The summed E-state index contributed by atoms with van der Waals surface area (Å²) in [6.45, 7) is 5.83. The molecule has 2 saturated heterocycles. The largest absolute Gasteiger partial charge is 0.371 e. The monoisotopic (exact) mass is 419 g/mol. The number of benzene rings is 2. The number of amides is 2. The van der Waals surface area contributed by atoms with Gasteiger partial charge in [0.1, 0.15) is 0 Å². The molecule has 2 aromatic rings. The van der Waals surface area contributed by atoms with E-state index in [1.54, 1.807) is 0 Å². The molecule has 2 amide bonds. The number of hydrogen-bond acceptors (Lipinski definition) is 3. The molecule has 2 heterocycles. The van der Waals surface area contributed by atoms with Crippen LogP contribution in [0, 0.1) is 11.8 Å². The van der Waals surface area contributed by atoms with E-state index in [0.29, 0.717) is 19.5 Å². The molecule has 5 heteroatoms. The summed E-state index contributed by atoms with van der Waals surface area (Å²) >= 11 is 0. The number of likely N-dealkylation sites (tertiary alicyclic amines) is 1. The fourth-order valence-corrected chi connectivity index (χ4v) is 4.61. The highest BCUT2D eigenvalue weighted by Gasteiger charge is 2.27. The highest BCUT2D eigenvalue weighted by atomic mass is 16.2. The molecule has 2 aliphatic heterocycles. The first-order chi connectivity index (χ1) is 15.1. The van der Waals surface area contributed by atoms with Gasteiger partial charge in [-0.15, -0.1) is 0 Å². The van der Waals surface area contributed by atoms with Gasteiger partial charge in [0.05, 0.1) is 0 Å². The third kappa shape index (κ3) is 5.66.